The minimum Gasteiger partial charge on any atom is -0.399 e. The summed E-state index contributed by atoms with van der Waals surface area (Å²) >= 11 is 0. The lowest BCUT2D eigenvalue weighted by molar-refractivity contribution is 0.0588. The number of hydrogen-bond acceptors (Lipinski definition) is 3. The number of fused-ring (bicyclic) bond motifs is 1. The third kappa shape index (κ3) is 2.36. The molecule has 5 heteroatoms. The largest absolute Gasteiger partial charge is 0.399 e. The van der Waals surface area contributed by atoms with E-state index in [1.807, 2.05) is 25.2 Å². The number of nitrogens with one attached hydrogen (secondary N) is 1. The van der Waals surface area contributed by atoms with Crippen LogP contribution in [0.3, 0.4) is 0 Å². The van der Waals surface area contributed by atoms with Crippen molar-refractivity contribution in [2.24, 2.45) is 0 Å². The topological polar surface area (TPSA) is 71.3 Å². The molecular weight excluding hydrogens is 254 g/mol. The molecule has 5 nitrogen and oxygen atoms in total. The standard InChI is InChI=1S/C15H19N3O2/c1-18(9-11-3-2-6-20-11)15(19)13-8-17-14-5-4-10(16)7-12(13)14/h4-5,7-8,11,17H,2-3,6,9,16H2,1H3. The second kappa shape index (κ2) is 5.17. The van der Waals surface area contributed by atoms with Crippen LogP contribution in [0.5, 0.6) is 0 Å². The molecule has 0 saturated carbocycles. The summed E-state index contributed by atoms with van der Waals surface area (Å²) in [5.74, 6) is -0.00245. The molecule has 2 aromatic rings. The maximum Gasteiger partial charge on any atom is 0.255 e. The maximum absolute atomic E-state index is 12.5. The lowest BCUT2D eigenvalue weighted by Gasteiger charge is -2.20. The zero-order chi connectivity index (χ0) is 14.1. The van der Waals surface area contributed by atoms with Crippen LogP contribution in [0.25, 0.3) is 10.9 Å². The summed E-state index contributed by atoms with van der Waals surface area (Å²) in [5, 5.41) is 0.870. The van der Waals surface area contributed by atoms with E-state index in [0.29, 0.717) is 17.8 Å². The fraction of sp³-hybridized carbons (Fsp3) is 0.400. The zero-order valence-electron chi connectivity index (χ0n) is 11.6. The van der Waals surface area contributed by atoms with E-state index in [1.54, 1.807) is 11.1 Å². The molecule has 1 aliphatic heterocycles. The highest BCUT2D eigenvalue weighted by molar-refractivity contribution is 6.07. The summed E-state index contributed by atoms with van der Waals surface area (Å²) in [6.07, 6.45) is 4.02. The number of carbonyl (C=O) groups excluding carboxylic acids is 1. The number of nitrogens with two attached hydrogens (primary N) is 1. The van der Waals surface area contributed by atoms with E-state index in [9.17, 15) is 4.79 Å². The summed E-state index contributed by atoms with van der Waals surface area (Å²) in [6, 6.07) is 5.55. The number of benzene rings is 1. The SMILES string of the molecule is CN(CC1CCCO1)C(=O)c1c[nH]c2ccc(N)cc12. The number of nitrogen functional groups attached to an aromatic ring is 1. The molecule has 0 aliphatic carbocycles. The molecule has 0 bridgehead atoms. The van der Waals surface area contributed by atoms with Crippen LogP contribution < -0.4 is 5.73 Å². The van der Waals surface area contributed by atoms with Crippen LogP contribution in [0, 0.1) is 0 Å². The van der Waals surface area contributed by atoms with Crippen molar-refractivity contribution < 1.29 is 9.53 Å². The molecule has 106 valence electrons. The van der Waals surface area contributed by atoms with E-state index in [0.717, 1.165) is 30.4 Å². The first kappa shape index (κ1) is 13.0. The number of aromatic amines is 1. The smallest absolute Gasteiger partial charge is 0.255 e. The van der Waals surface area contributed by atoms with E-state index in [2.05, 4.69) is 4.98 Å². The van der Waals surface area contributed by atoms with Crippen LogP contribution in [0.4, 0.5) is 5.69 Å². The molecule has 0 spiro atoms. The number of H-pyrrole nitrogens is 1. The summed E-state index contributed by atoms with van der Waals surface area (Å²) in [6.45, 7) is 1.43. The van der Waals surface area contributed by atoms with E-state index in [-0.39, 0.29) is 12.0 Å². The van der Waals surface area contributed by atoms with Crippen molar-refractivity contribution >= 4 is 22.5 Å². The summed E-state index contributed by atoms with van der Waals surface area (Å²) < 4.78 is 5.58. The third-order valence-electron chi connectivity index (χ3n) is 3.78. The van der Waals surface area contributed by atoms with Crippen LogP contribution >= 0.6 is 0 Å². The Labute approximate surface area is 117 Å². The summed E-state index contributed by atoms with van der Waals surface area (Å²) in [5.41, 5.74) is 8.05. The molecule has 0 radical (unpaired) electrons. The number of carbonyl (C=O) groups is 1. The fourth-order valence-electron chi connectivity index (χ4n) is 2.70. The van der Waals surface area contributed by atoms with Gasteiger partial charge in [0, 0.05) is 43.0 Å². The van der Waals surface area contributed by atoms with Crippen molar-refractivity contribution in [3.05, 3.63) is 30.0 Å². The zero-order valence-corrected chi connectivity index (χ0v) is 11.6. The van der Waals surface area contributed by atoms with E-state index in [1.165, 1.54) is 0 Å². The minimum atomic E-state index is -0.00245. The molecule has 1 saturated heterocycles. The number of amides is 1. The van der Waals surface area contributed by atoms with Crippen molar-refractivity contribution in [3.63, 3.8) is 0 Å². The van der Waals surface area contributed by atoms with Gasteiger partial charge in [0.25, 0.3) is 5.91 Å². The molecule has 1 aromatic heterocycles. The van der Waals surface area contributed by atoms with Crippen molar-refractivity contribution in [1.29, 1.82) is 0 Å². The molecule has 1 atom stereocenters. The molecule has 1 unspecified atom stereocenters. The molecule has 3 N–H and O–H groups in total. The highest BCUT2D eigenvalue weighted by Crippen LogP contribution is 2.22. The first-order chi connectivity index (χ1) is 9.65. The van der Waals surface area contributed by atoms with Gasteiger partial charge in [-0.1, -0.05) is 0 Å². The Morgan fingerprint density at radius 2 is 2.40 bits per heavy atom. The van der Waals surface area contributed by atoms with Gasteiger partial charge >= 0.3 is 0 Å². The third-order valence-corrected chi connectivity index (χ3v) is 3.78. The predicted octanol–water partition coefficient (Wildman–Crippen LogP) is 2.00. The number of aromatic nitrogens is 1. The van der Waals surface area contributed by atoms with Gasteiger partial charge in [-0.15, -0.1) is 0 Å². The molecule has 3 rings (SSSR count). The molecule has 1 amide bonds. The van der Waals surface area contributed by atoms with Crippen molar-refractivity contribution in [2.45, 2.75) is 18.9 Å². The van der Waals surface area contributed by atoms with Crippen molar-refractivity contribution in [1.82, 2.24) is 9.88 Å². The number of rotatable bonds is 3. The van der Waals surface area contributed by atoms with Crippen molar-refractivity contribution in [2.75, 3.05) is 25.9 Å². The summed E-state index contributed by atoms with van der Waals surface area (Å²) in [4.78, 5) is 17.4. The first-order valence-electron chi connectivity index (χ1n) is 6.89. The first-order valence-corrected chi connectivity index (χ1v) is 6.89. The minimum absolute atomic E-state index is 0.00245. The molecular formula is C15H19N3O2. The average Bonchev–Trinajstić information content (AvgIpc) is 3.06. The normalized spacial score (nSPS) is 18.6. The van der Waals surface area contributed by atoms with Gasteiger partial charge in [-0.2, -0.15) is 0 Å². The average molecular weight is 273 g/mol. The molecule has 20 heavy (non-hydrogen) atoms. The van der Waals surface area contributed by atoms with Crippen LogP contribution in [-0.2, 0) is 4.74 Å². The Hall–Kier alpha value is -2.01. The molecule has 1 aliphatic rings. The second-order valence-corrected chi connectivity index (χ2v) is 5.33. The lowest BCUT2D eigenvalue weighted by atomic mass is 10.1. The van der Waals surface area contributed by atoms with Crippen LogP contribution in [-0.4, -0.2) is 42.1 Å². The van der Waals surface area contributed by atoms with E-state index >= 15 is 0 Å². The predicted molar refractivity (Wildman–Crippen MR) is 78.6 cm³/mol. The van der Waals surface area contributed by atoms with Crippen LogP contribution in [0.15, 0.2) is 24.4 Å². The van der Waals surface area contributed by atoms with E-state index in [4.69, 9.17) is 10.5 Å². The lowest BCUT2D eigenvalue weighted by Crippen LogP contribution is -2.33. The monoisotopic (exact) mass is 273 g/mol. The molecule has 1 aromatic carbocycles. The van der Waals surface area contributed by atoms with Gasteiger partial charge in [0.15, 0.2) is 0 Å². The number of ether oxygens (including phenoxy) is 1. The van der Waals surface area contributed by atoms with Crippen molar-refractivity contribution in [3.8, 4) is 0 Å². The number of nitrogens with zero attached hydrogens (tertiary/aromatic N) is 1. The van der Waals surface area contributed by atoms with Gasteiger partial charge in [-0.05, 0) is 31.0 Å². The van der Waals surface area contributed by atoms with Crippen LogP contribution in [0.2, 0.25) is 0 Å². The Bertz CT molecular complexity index is 629. The van der Waals surface area contributed by atoms with Gasteiger partial charge in [0.2, 0.25) is 0 Å². The van der Waals surface area contributed by atoms with Gasteiger partial charge < -0.3 is 20.4 Å². The van der Waals surface area contributed by atoms with Gasteiger partial charge in [-0.25, -0.2) is 0 Å². The maximum atomic E-state index is 12.5. The van der Waals surface area contributed by atoms with E-state index < -0.39 is 0 Å². The summed E-state index contributed by atoms with van der Waals surface area (Å²) in [7, 11) is 1.81. The van der Waals surface area contributed by atoms with Gasteiger partial charge in [0.05, 0.1) is 11.7 Å². The Balaban J connectivity index is 1.82. The molecule has 1 fully saturated rings. The molecule has 2 heterocycles. The Morgan fingerprint density at radius 1 is 1.55 bits per heavy atom. The number of anilines is 1. The Kier molecular flexibility index (Phi) is 3.36. The Morgan fingerprint density at radius 3 is 3.15 bits per heavy atom. The number of hydrogen-bond donors (Lipinski definition) is 2. The highest BCUT2D eigenvalue weighted by Gasteiger charge is 2.22. The van der Waals surface area contributed by atoms with Crippen LogP contribution in [0.1, 0.15) is 23.2 Å². The van der Waals surface area contributed by atoms with Gasteiger partial charge in [-0.3, -0.25) is 4.79 Å². The van der Waals surface area contributed by atoms with Gasteiger partial charge in [0.1, 0.15) is 0 Å². The highest BCUT2D eigenvalue weighted by atomic mass is 16.5. The fourth-order valence-corrected chi connectivity index (χ4v) is 2.70. The quantitative estimate of drug-likeness (QED) is 0.840. The second-order valence-electron chi connectivity index (χ2n) is 5.33. The number of likely N-dealkylation sites (N-methyl/N-ethyl adjacent to an activating group) is 1.